The van der Waals surface area contributed by atoms with Crippen LogP contribution in [0.2, 0.25) is 0 Å². The summed E-state index contributed by atoms with van der Waals surface area (Å²) in [4.78, 5) is 4.30. The molecule has 0 saturated carbocycles. The lowest BCUT2D eigenvalue weighted by atomic mass is 10.1. The topological polar surface area (TPSA) is 68.9 Å². The summed E-state index contributed by atoms with van der Waals surface area (Å²) in [6, 6.07) is 10.3. The molecule has 23 heavy (non-hydrogen) atoms. The van der Waals surface area contributed by atoms with Crippen LogP contribution in [0.25, 0.3) is 0 Å². The molecule has 3 N–H and O–H groups in total. The Morgan fingerprint density at radius 1 is 1.35 bits per heavy atom. The second-order valence-corrected chi connectivity index (χ2v) is 5.59. The zero-order valence-corrected chi connectivity index (χ0v) is 15.9. The van der Waals surface area contributed by atoms with Crippen LogP contribution in [0.4, 0.5) is 0 Å². The molecule has 1 aromatic carbocycles. The van der Waals surface area contributed by atoms with Crippen LogP contribution in [-0.2, 0) is 15.9 Å². The van der Waals surface area contributed by atoms with E-state index in [0.717, 1.165) is 52.2 Å². The van der Waals surface area contributed by atoms with Gasteiger partial charge in [-0.2, -0.15) is 0 Å². The van der Waals surface area contributed by atoms with Crippen LogP contribution in [0.1, 0.15) is 18.4 Å². The van der Waals surface area contributed by atoms with Crippen LogP contribution in [-0.4, -0.2) is 45.5 Å². The summed E-state index contributed by atoms with van der Waals surface area (Å²) < 4.78 is 10.9. The Morgan fingerprint density at radius 3 is 2.91 bits per heavy atom. The number of rotatable bonds is 9. The third kappa shape index (κ3) is 9.12. The zero-order valence-electron chi connectivity index (χ0n) is 13.6. The highest BCUT2D eigenvalue weighted by molar-refractivity contribution is 14.0. The SMILES string of the molecule is I.NC(=NCCCOCC1CCOC1)NCCc1ccccc1. The number of guanidine groups is 1. The molecule has 0 amide bonds. The van der Waals surface area contributed by atoms with Crippen molar-refractivity contribution in [2.75, 3.05) is 39.5 Å². The first-order chi connectivity index (χ1) is 10.8. The molecule has 1 heterocycles. The fourth-order valence-electron chi connectivity index (χ4n) is 2.37. The van der Waals surface area contributed by atoms with E-state index in [-0.39, 0.29) is 24.0 Å². The minimum absolute atomic E-state index is 0. The highest BCUT2D eigenvalue weighted by atomic mass is 127. The molecule has 1 aromatic rings. The largest absolute Gasteiger partial charge is 0.381 e. The van der Waals surface area contributed by atoms with Crippen molar-refractivity contribution in [2.24, 2.45) is 16.6 Å². The van der Waals surface area contributed by atoms with Crippen LogP contribution in [0.3, 0.4) is 0 Å². The molecule has 5 nitrogen and oxygen atoms in total. The van der Waals surface area contributed by atoms with Gasteiger partial charge in [0.2, 0.25) is 0 Å². The molecular weight excluding hydrogens is 405 g/mol. The van der Waals surface area contributed by atoms with Gasteiger partial charge in [0.25, 0.3) is 0 Å². The van der Waals surface area contributed by atoms with Crippen LogP contribution in [0.15, 0.2) is 35.3 Å². The molecule has 0 radical (unpaired) electrons. The average Bonchev–Trinajstić information content (AvgIpc) is 3.05. The zero-order chi connectivity index (χ0) is 15.5. The van der Waals surface area contributed by atoms with E-state index in [0.29, 0.717) is 18.4 Å². The Kier molecular flexibility index (Phi) is 11.0. The molecule has 0 aromatic heterocycles. The number of ether oxygens (including phenoxy) is 2. The summed E-state index contributed by atoms with van der Waals surface area (Å²) in [5, 5.41) is 3.14. The van der Waals surface area contributed by atoms with Crippen molar-refractivity contribution in [1.29, 1.82) is 0 Å². The van der Waals surface area contributed by atoms with E-state index < -0.39 is 0 Å². The van der Waals surface area contributed by atoms with E-state index in [2.05, 4.69) is 22.4 Å². The van der Waals surface area contributed by atoms with E-state index >= 15 is 0 Å². The first-order valence-electron chi connectivity index (χ1n) is 8.08. The number of halogens is 1. The molecule has 0 aliphatic carbocycles. The van der Waals surface area contributed by atoms with Crippen molar-refractivity contribution < 1.29 is 9.47 Å². The van der Waals surface area contributed by atoms with Crippen molar-refractivity contribution in [3.8, 4) is 0 Å². The van der Waals surface area contributed by atoms with Gasteiger partial charge in [-0.3, -0.25) is 4.99 Å². The number of nitrogens with one attached hydrogen (secondary N) is 1. The molecule has 2 rings (SSSR count). The molecule has 1 atom stereocenters. The van der Waals surface area contributed by atoms with Crippen molar-refractivity contribution >= 4 is 29.9 Å². The van der Waals surface area contributed by atoms with Gasteiger partial charge < -0.3 is 20.5 Å². The molecule has 1 saturated heterocycles. The maximum Gasteiger partial charge on any atom is 0.188 e. The molecule has 1 aliphatic heterocycles. The number of aliphatic imine (C=N–C) groups is 1. The fraction of sp³-hybridized carbons (Fsp3) is 0.588. The monoisotopic (exact) mass is 433 g/mol. The van der Waals surface area contributed by atoms with Gasteiger partial charge in [0, 0.05) is 32.2 Å². The second-order valence-electron chi connectivity index (χ2n) is 5.59. The average molecular weight is 433 g/mol. The Morgan fingerprint density at radius 2 is 2.17 bits per heavy atom. The molecule has 130 valence electrons. The van der Waals surface area contributed by atoms with Crippen molar-refractivity contribution in [1.82, 2.24) is 5.32 Å². The minimum Gasteiger partial charge on any atom is -0.381 e. The van der Waals surface area contributed by atoms with Gasteiger partial charge in [-0.15, -0.1) is 24.0 Å². The summed E-state index contributed by atoms with van der Waals surface area (Å²) in [5.74, 6) is 1.09. The first-order valence-corrected chi connectivity index (χ1v) is 8.08. The van der Waals surface area contributed by atoms with Crippen molar-refractivity contribution in [2.45, 2.75) is 19.3 Å². The van der Waals surface area contributed by atoms with Crippen molar-refractivity contribution in [3.05, 3.63) is 35.9 Å². The smallest absolute Gasteiger partial charge is 0.188 e. The van der Waals surface area contributed by atoms with Gasteiger partial charge in [0.15, 0.2) is 5.96 Å². The lowest BCUT2D eigenvalue weighted by molar-refractivity contribution is 0.0893. The standard InChI is InChI=1S/C17H27N3O2.HI/c18-17(20-10-7-15-5-2-1-3-6-15)19-9-4-11-21-13-16-8-12-22-14-16;/h1-3,5-6,16H,4,7-14H2,(H3,18,19,20);1H. The van der Waals surface area contributed by atoms with Gasteiger partial charge in [-0.05, 0) is 24.8 Å². The van der Waals surface area contributed by atoms with Gasteiger partial charge in [-0.25, -0.2) is 0 Å². The predicted molar refractivity (Wildman–Crippen MR) is 104 cm³/mol. The Hall–Kier alpha value is -0.860. The maximum absolute atomic E-state index is 5.83. The van der Waals surface area contributed by atoms with Crippen LogP contribution in [0.5, 0.6) is 0 Å². The summed E-state index contributed by atoms with van der Waals surface area (Å²) in [6.07, 6.45) is 2.97. The summed E-state index contributed by atoms with van der Waals surface area (Å²) in [7, 11) is 0. The number of nitrogens with two attached hydrogens (primary N) is 1. The van der Waals surface area contributed by atoms with E-state index in [4.69, 9.17) is 15.2 Å². The lowest BCUT2D eigenvalue weighted by Gasteiger charge is -2.08. The molecule has 1 fully saturated rings. The van der Waals surface area contributed by atoms with Gasteiger partial charge in [0.05, 0.1) is 13.2 Å². The third-order valence-electron chi connectivity index (χ3n) is 3.67. The van der Waals surface area contributed by atoms with Crippen molar-refractivity contribution in [3.63, 3.8) is 0 Å². The van der Waals surface area contributed by atoms with E-state index in [1.165, 1.54) is 5.56 Å². The van der Waals surface area contributed by atoms with Crippen LogP contribution in [0, 0.1) is 5.92 Å². The quantitative estimate of drug-likeness (QED) is 0.271. The molecule has 6 heteroatoms. The van der Waals surface area contributed by atoms with Crippen LogP contribution < -0.4 is 11.1 Å². The lowest BCUT2D eigenvalue weighted by Crippen LogP contribution is -2.33. The van der Waals surface area contributed by atoms with Gasteiger partial charge in [-0.1, -0.05) is 30.3 Å². The van der Waals surface area contributed by atoms with Gasteiger partial charge >= 0.3 is 0 Å². The van der Waals surface area contributed by atoms with Gasteiger partial charge in [0.1, 0.15) is 0 Å². The summed E-state index contributed by atoms with van der Waals surface area (Å²) in [5.41, 5.74) is 7.13. The van der Waals surface area contributed by atoms with Crippen LogP contribution >= 0.6 is 24.0 Å². The Bertz CT molecular complexity index is 437. The summed E-state index contributed by atoms with van der Waals surface area (Å²) in [6.45, 7) is 4.76. The second kappa shape index (κ2) is 12.5. The first kappa shape index (κ1) is 20.2. The molecule has 0 bridgehead atoms. The molecule has 0 spiro atoms. The highest BCUT2D eigenvalue weighted by Crippen LogP contribution is 2.12. The number of benzene rings is 1. The normalized spacial score (nSPS) is 17.7. The molecule has 1 aliphatic rings. The predicted octanol–water partition coefficient (Wildman–Crippen LogP) is 2.19. The highest BCUT2D eigenvalue weighted by Gasteiger charge is 2.14. The number of nitrogens with zero attached hydrogens (tertiary/aromatic N) is 1. The van der Waals surface area contributed by atoms with E-state index in [9.17, 15) is 0 Å². The minimum atomic E-state index is 0. The fourth-order valence-corrected chi connectivity index (χ4v) is 2.37. The third-order valence-corrected chi connectivity index (χ3v) is 3.67. The Labute approximate surface area is 156 Å². The Balaban J connectivity index is 0.00000264. The van der Waals surface area contributed by atoms with E-state index in [1.807, 2.05) is 18.2 Å². The molecular formula is C17H28IN3O2. The maximum atomic E-state index is 5.83. The van der Waals surface area contributed by atoms with E-state index in [1.54, 1.807) is 0 Å². The molecule has 1 unspecified atom stereocenters. The number of hydrogen-bond acceptors (Lipinski definition) is 3. The summed E-state index contributed by atoms with van der Waals surface area (Å²) >= 11 is 0. The number of hydrogen-bond donors (Lipinski definition) is 2.